The molecular weight excluding hydrogens is 238 g/mol. The maximum atomic E-state index is 11.8. The minimum Gasteiger partial charge on any atom is -0.466 e. The van der Waals surface area contributed by atoms with Crippen LogP contribution in [0, 0.1) is 12.8 Å². The second kappa shape index (κ2) is 6.71. The molecule has 0 aliphatic carbocycles. The number of nitrogens with one attached hydrogen (secondary N) is 1. The summed E-state index contributed by atoms with van der Waals surface area (Å²) < 4.78 is 5.15. The highest BCUT2D eigenvalue weighted by molar-refractivity contribution is 5.72. The Morgan fingerprint density at radius 2 is 2.32 bits per heavy atom. The summed E-state index contributed by atoms with van der Waals surface area (Å²) in [5, 5.41) is 0. The summed E-state index contributed by atoms with van der Waals surface area (Å²) in [4.78, 5) is 13.3. The molecule has 0 radical (unpaired) electrons. The van der Waals surface area contributed by atoms with Gasteiger partial charge in [-0.25, -0.2) is 0 Å². The Morgan fingerprint density at radius 3 is 3.05 bits per heavy atom. The van der Waals surface area contributed by atoms with E-state index in [1.807, 2.05) is 6.92 Å². The van der Waals surface area contributed by atoms with Crippen LogP contribution in [-0.2, 0) is 16.1 Å². The number of hydrogen-bond acceptors (Lipinski definition) is 2. The highest BCUT2D eigenvalue weighted by Crippen LogP contribution is 2.10. The summed E-state index contributed by atoms with van der Waals surface area (Å²) in [7, 11) is 0. The van der Waals surface area contributed by atoms with Crippen LogP contribution in [0.5, 0.6) is 0 Å². The van der Waals surface area contributed by atoms with Crippen LogP contribution in [0.15, 0.2) is 24.3 Å². The minimum atomic E-state index is -0.0102. The third kappa shape index (κ3) is 4.06. The van der Waals surface area contributed by atoms with Crippen molar-refractivity contribution >= 4 is 5.97 Å². The van der Waals surface area contributed by atoms with Crippen LogP contribution in [0.1, 0.15) is 30.9 Å². The third-order valence-electron chi connectivity index (χ3n) is 3.77. The van der Waals surface area contributed by atoms with Gasteiger partial charge in [-0.15, -0.1) is 0 Å². The van der Waals surface area contributed by atoms with Gasteiger partial charge >= 0.3 is 5.97 Å². The van der Waals surface area contributed by atoms with Crippen LogP contribution < -0.4 is 4.90 Å². The smallest absolute Gasteiger partial charge is 0.314 e. The number of aryl methyl sites for hydroxylation is 1. The zero-order chi connectivity index (χ0) is 13.7. The minimum absolute atomic E-state index is 0.0102. The molecule has 0 aromatic heterocycles. The van der Waals surface area contributed by atoms with Crippen molar-refractivity contribution in [1.82, 2.24) is 0 Å². The normalized spacial score (nSPS) is 23.1. The number of carbonyl (C=O) groups excluding carboxylic acids is 1. The van der Waals surface area contributed by atoms with Crippen LogP contribution in [-0.4, -0.2) is 25.7 Å². The molecule has 0 bridgehead atoms. The lowest BCUT2D eigenvalue weighted by atomic mass is 9.97. The molecule has 104 valence electrons. The average Bonchev–Trinajstić information content (AvgIpc) is 2.39. The fourth-order valence-electron chi connectivity index (χ4n) is 2.88. The van der Waals surface area contributed by atoms with Gasteiger partial charge in [0.15, 0.2) is 0 Å². The molecule has 2 rings (SSSR count). The molecule has 19 heavy (non-hydrogen) atoms. The maximum Gasteiger partial charge on any atom is 0.314 e. The monoisotopic (exact) mass is 262 g/mol. The lowest BCUT2D eigenvalue weighted by molar-refractivity contribution is -0.921. The van der Waals surface area contributed by atoms with E-state index in [-0.39, 0.29) is 11.9 Å². The van der Waals surface area contributed by atoms with E-state index < -0.39 is 0 Å². The van der Waals surface area contributed by atoms with Gasteiger partial charge in [-0.2, -0.15) is 0 Å². The zero-order valence-corrected chi connectivity index (χ0v) is 11.9. The SMILES string of the molecule is CCOC(=O)[C@@H]1CCC[NH+](Cc2cccc(C)c2)C1. The van der Waals surface area contributed by atoms with Gasteiger partial charge in [0.05, 0.1) is 19.7 Å². The number of carbonyl (C=O) groups is 1. The topological polar surface area (TPSA) is 30.7 Å². The molecule has 1 N–H and O–H groups in total. The first-order valence-corrected chi connectivity index (χ1v) is 7.24. The van der Waals surface area contributed by atoms with Crippen molar-refractivity contribution in [1.29, 1.82) is 0 Å². The van der Waals surface area contributed by atoms with E-state index in [0.717, 1.165) is 32.5 Å². The van der Waals surface area contributed by atoms with Gasteiger partial charge in [0, 0.05) is 5.56 Å². The van der Waals surface area contributed by atoms with Gasteiger partial charge in [-0.05, 0) is 26.7 Å². The highest BCUT2D eigenvalue weighted by atomic mass is 16.5. The Morgan fingerprint density at radius 1 is 1.47 bits per heavy atom. The van der Waals surface area contributed by atoms with E-state index >= 15 is 0 Å². The number of benzene rings is 1. The van der Waals surface area contributed by atoms with Crippen molar-refractivity contribution in [3.8, 4) is 0 Å². The van der Waals surface area contributed by atoms with Crippen molar-refractivity contribution < 1.29 is 14.4 Å². The van der Waals surface area contributed by atoms with E-state index in [2.05, 4.69) is 31.2 Å². The number of quaternary nitrogens is 1. The van der Waals surface area contributed by atoms with Crippen molar-refractivity contribution in [2.45, 2.75) is 33.2 Å². The van der Waals surface area contributed by atoms with Gasteiger partial charge in [-0.3, -0.25) is 4.79 Å². The molecule has 2 atom stereocenters. The maximum absolute atomic E-state index is 11.8. The molecule has 1 aliphatic rings. The van der Waals surface area contributed by atoms with E-state index in [1.54, 1.807) is 0 Å². The Labute approximate surface area is 115 Å². The second-order valence-electron chi connectivity index (χ2n) is 5.46. The number of hydrogen-bond donors (Lipinski definition) is 1. The molecule has 3 heteroatoms. The average molecular weight is 262 g/mol. The summed E-state index contributed by atoms with van der Waals surface area (Å²) >= 11 is 0. The van der Waals surface area contributed by atoms with Crippen molar-refractivity contribution in [3.05, 3.63) is 35.4 Å². The van der Waals surface area contributed by atoms with Crippen molar-refractivity contribution in [2.24, 2.45) is 5.92 Å². The molecule has 1 aromatic carbocycles. The van der Waals surface area contributed by atoms with Crippen LogP contribution in [0.3, 0.4) is 0 Å². The van der Waals surface area contributed by atoms with E-state index in [9.17, 15) is 4.79 Å². The fraction of sp³-hybridized carbons (Fsp3) is 0.562. The number of ether oxygens (including phenoxy) is 1. The summed E-state index contributed by atoms with van der Waals surface area (Å²) in [6.45, 7) is 7.56. The molecular formula is C16H24NO2+. The summed E-state index contributed by atoms with van der Waals surface area (Å²) in [6.07, 6.45) is 2.10. The van der Waals surface area contributed by atoms with Crippen LogP contribution in [0.4, 0.5) is 0 Å². The first-order valence-electron chi connectivity index (χ1n) is 7.24. The quantitative estimate of drug-likeness (QED) is 0.831. The first kappa shape index (κ1) is 14.1. The Kier molecular flexibility index (Phi) is 4.97. The van der Waals surface area contributed by atoms with Crippen molar-refractivity contribution in [3.63, 3.8) is 0 Å². The molecule has 0 saturated carbocycles. The Bertz CT molecular complexity index is 431. The van der Waals surface area contributed by atoms with Crippen LogP contribution in [0.25, 0.3) is 0 Å². The lowest BCUT2D eigenvalue weighted by Gasteiger charge is -2.28. The van der Waals surface area contributed by atoms with Gasteiger partial charge in [0.25, 0.3) is 0 Å². The molecule has 1 fully saturated rings. The summed E-state index contributed by atoms with van der Waals surface area (Å²) in [5.41, 5.74) is 2.66. The molecule has 1 aromatic rings. The number of esters is 1. The summed E-state index contributed by atoms with van der Waals surface area (Å²) in [5.74, 6) is 0.0810. The van der Waals surface area contributed by atoms with E-state index in [4.69, 9.17) is 4.74 Å². The molecule has 1 aliphatic heterocycles. The van der Waals surface area contributed by atoms with Gasteiger partial charge < -0.3 is 9.64 Å². The molecule has 0 spiro atoms. The van der Waals surface area contributed by atoms with E-state index in [1.165, 1.54) is 16.0 Å². The van der Waals surface area contributed by atoms with Crippen LogP contribution >= 0.6 is 0 Å². The first-order chi connectivity index (χ1) is 9.19. The Balaban J connectivity index is 1.92. The van der Waals surface area contributed by atoms with Gasteiger partial charge in [0.2, 0.25) is 0 Å². The molecule has 0 amide bonds. The number of likely N-dealkylation sites (tertiary alicyclic amines) is 1. The number of piperidine rings is 1. The van der Waals surface area contributed by atoms with E-state index in [0.29, 0.717) is 6.61 Å². The largest absolute Gasteiger partial charge is 0.466 e. The molecule has 1 saturated heterocycles. The van der Waals surface area contributed by atoms with Gasteiger partial charge in [-0.1, -0.05) is 29.8 Å². The lowest BCUT2D eigenvalue weighted by Crippen LogP contribution is -3.12. The standard InChI is InChI=1S/C16H23NO2/c1-3-19-16(18)15-8-5-9-17(12-15)11-14-7-4-6-13(2)10-14/h4,6-7,10,15H,3,5,8-9,11-12H2,1-2H3/p+1/t15-/m1/s1. The predicted octanol–water partition coefficient (Wildman–Crippen LogP) is 1.35. The second-order valence-corrected chi connectivity index (χ2v) is 5.46. The zero-order valence-electron chi connectivity index (χ0n) is 11.9. The molecule has 3 nitrogen and oxygen atoms in total. The Hall–Kier alpha value is -1.35. The molecule has 1 heterocycles. The van der Waals surface area contributed by atoms with Crippen LogP contribution in [0.2, 0.25) is 0 Å². The van der Waals surface area contributed by atoms with Crippen molar-refractivity contribution in [2.75, 3.05) is 19.7 Å². The predicted molar refractivity (Wildman–Crippen MR) is 74.9 cm³/mol. The highest BCUT2D eigenvalue weighted by Gasteiger charge is 2.29. The van der Waals surface area contributed by atoms with Gasteiger partial charge in [0.1, 0.15) is 12.5 Å². The molecule has 1 unspecified atom stereocenters. The fourth-order valence-corrected chi connectivity index (χ4v) is 2.88. The third-order valence-corrected chi connectivity index (χ3v) is 3.77. The number of rotatable bonds is 4. The summed E-state index contributed by atoms with van der Waals surface area (Å²) in [6, 6.07) is 8.64.